The van der Waals surface area contributed by atoms with Gasteiger partial charge >= 0.3 is 0 Å². The third-order valence-electron chi connectivity index (χ3n) is 5.86. The van der Waals surface area contributed by atoms with Crippen LogP contribution in [0.1, 0.15) is 24.1 Å². The first-order chi connectivity index (χ1) is 11.2. The fourth-order valence-electron chi connectivity index (χ4n) is 4.64. The van der Waals surface area contributed by atoms with Crippen LogP contribution in [0.2, 0.25) is 0 Å². The van der Waals surface area contributed by atoms with Crippen molar-refractivity contribution in [3.05, 3.63) is 41.9 Å². The van der Waals surface area contributed by atoms with Crippen LogP contribution in [0.25, 0.3) is 11.1 Å². The number of piperidine rings is 3. The van der Waals surface area contributed by atoms with Crippen LogP contribution in [-0.2, 0) is 6.42 Å². The van der Waals surface area contributed by atoms with Crippen molar-refractivity contribution < 1.29 is 4.74 Å². The molecular formula is C19H21N3O. The minimum Gasteiger partial charge on any atom is -0.469 e. The van der Waals surface area contributed by atoms with Crippen molar-refractivity contribution in [3.8, 4) is 17.0 Å². The molecule has 1 atom stereocenters. The normalized spacial score (nSPS) is 31.2. The van der Waals surface area contributed by atoms with E-state index >= 15 is 0 Å². The summed E-state index contributed by atoms with van der Waals surface area (Å²) < 4.78 is 6.42. The third kappa shape index (κ3) is 2.01. The first-order valence-electron chi connectivity index (χ1n) is 8.56. The second-order valence-electron chi connectivity index (χ2n) is 7.22. The molecule has 23 heavy (non-hydrogen) atoms. The zero-order valence-corrected chi connectivity index (χ0v) is 13.5. The van der Waals surface area contributed by atoms with E-state index in [4.69, 9.17) is 4.74 Å². The van der Waals surface area contributed by atoms with Crippen LogP contribution in [0.15, 0.2) is 30.6 Å². The molecule has 0 saturated carbocycles. The van der Waals surface area contributed by atoms with Gasteiger partial charge in [0.05, 0.1) is 0 Å². The Morgan fingerprint density at radius 2 is 2.13 bits per heavy atom. The molecule has 0 unspecified atom stereocenters. The van der Waals surface area contributed by atoms with Crippen LogP contribution in [0.3, 0.4) is 0 Å². The number of hydrogen-bond donors (Lipinski definition) is 0. The van der Waals surface area contributed by atoms with Gasteiger partial charge in [-0.2, -0.15) is 0 Å². The van der Waals surface area contributed by atoms with Gasteiger partial charge in [-0.1, -0.05) is 6.07 Å². The Hall–Kier alpha value is -1.94. The molecule has 0 aromatic carbocycles. The minimum atomic E-state index is -0.0194. The Morgan fingerprint density at radius 1 is 1.26 bits per heavy atom. The van der Waals surface area contributed by atoms with Crippen molar-refractivity contribution in [2.75, 3.05) is 19.6 Å². The molecule has 0 N–H and O–H groups in total. The summed E-state index contributed by atoms with van der Waals surface area (Å²) in [7, 11) is 0. The van der Waals surface area contributed by atoms with E-state index in [2.05, 4.69) is 27.0 Å². The van der Waals surface area contributed by atoms with Crippen molar-refractivity contribution in [2.45, 2.75) is 31.8 Å². The van der Waals surface area contributed by atoms with E-state index in [0.717, 1.165) is 35.7 Å². The number of nitrogens with zero attached hydrogens (tertiary/aromatic N) is 3. The molecule has 0 aliphatic carbocycles. The molecule has 2 aromatic rings. The average Bonchev–Trinajstić information content (AvgIpc) is 2.93. The Kier molecular flexibility index (Phi) is 2.80. The fourth-order valence-corrected chi connectivity index (χ4v) is 4.64. The summed E-state index contributed by atoms with van der Waals surface area (Å²) in [5.74, 6) is 1.54. The van der Waals surface area contributed by atoms with Gasteiger partial charge in [0, 0.05) is 53.7 Å². The summed E-state index contributed by atoms with van der Waals surface area (Å²) in [6, 6.07) is 6.37. The van der Waals surface area contributed by atoms with Gasteiger partial charge in [0.25, 0.3) is 0 Å². The van der Waals surface area contributed by atoms with E-state index < -0.39 is 0 Å². The predicted molar refractivity (Wildman–Crippen MR) is 88.4 cm³/mol. The molecule has 1 spiro atoms. The number of ether oxygens (including phenoxy) is 1. The highest BCUT2D eigenvalue weighted by Crippen LogP contribution is 2.46. The third-order valence-corrected chi connectivity index (χ3v) is 5.86. The number of aryl methyl sites for hydroxylation is 1. The van der Waals surface area contributed by atoms with E-state index in [1.54, 1.807) is 0 Å². The predicted octanol–water partition coefficient (Wildman–Crippen LogP) is 2.85. The number of hydrogen-bond acceptors (Lipinski definition) is 4. The van der Waals surface area contributed by atoms with Gasteiger partial charge in [-0.15, -0.1) is 0 Å². The zero-order valence-electron chi connectivity index (χ0n) is 13.5. The average molecular weight is 307 g/mol. The molecule has 118 valence electrons. The highest BCUT2D eigenvalue weighted by Gasteiger charge is 2.52. The molecule has 3 saturated heterocycles. The molecule has 2 bridgehead atoms. The molecule has 2 aromatic heterocycles. The summed E-state index contributed by atoms with van der Waals surface area (Å²) in [6.45, 7) is 5.59. The smallest absolute Gasteiger partial charge is 0.217 e. The van der Waals surface area contributed by atoms with Gasteiger partial charge in [-0.25, -0.2) is 4.98 Å². The van der Waals surface area contributed by atoms with Gasteiger partial charge in [-0.05, 0) is 45.0 Å². The lowest BCUT2D eigenvalue weighted by atomic mass is 9.73. The van der Waals surface area contributed by atoms with Crippen molar-refractivity contribution >= 4 is 0 Å². The molecular weight excluding hydrogens is 286 g/mol. The molecule has 4 nitrogen and oxygen atoms in total. The van der Waals surface area contributed by atoms with E-state index in [0.29, 0.717) is 5.92 Å². The molecule has 6 heterocycles. The Balaban J connectivity index is 1.51. The first kappa shape index (κ1) is 13.5. The Bertz CT molecular complexity index is 767. The maximum Gasteiger partial charge on any atom is 0.217 e. The standard InChI is InChI=1S/C19H21N3O/c1-13-17(3-2-6-20-13)15-9-14-10-19(23-18(14)21-11-15)12-22-7-4-16(19)5-8-22/h2-3,6,9,11,16H,4-5,7-8,10,12H2,1H3/t19-/m0/s1. The van der Waals surface area contributed by atoms with Crippen LogP contribution < -0.4 is 4.74 Å². The lowest BCUT2D eigenvalue weighted by Crippen LogP contribution is -2.61. The Morgan fingerprint density at radius 3 is 2.87 bits per heavy atom. The minimum absolute atomic E-state index is 0.0194. The number of rotatable bonds is 1. The molecule has 4 heteroatoms. The van der Waals surface area contributed by atoms with Gasteiger partial charge in [0.15, 0.2) is 0 Å². The largest absolute Gasteiger partial charge is 0.469 e. The maximum absolute atomic E-state index is 6.42. The lowest BCUT2D eigenvalue weighted by Gasteiger charge is -2.50. The summed E-state index contributed by atoms with van der Waals surface area (Å²) >= 11 is 0. The van der Waals surface area contributed by atoms with Crippen molar-refractivity contribution in [3.63, 3.8) is 0 Å². The molecule has 3 fully saturated rings. The SMILES string of the molecule is Cc1ncccc1-c1cnc2c(c1)C[C@@]1(CN3CCC1CC3)O2. The van der Waals surface area contributed by atoms with Gasteiger partial charge in [0.1, 0.15) is 5.60 Å². The quantitative estimate of drug-likeness (QED) is 0.812. The van der Waals surface area contributed by atoms with E-state index in [-0.39, 0.29) is 5.60 Å². The van der Waals surface area contributed by atoms with E-state index in [1.807, 2.05) is 25.4 Å². The number of aromatic nitrogens is 2. The molecule has 4 aliphatic rings. The van der Waals surface area contributed by atoms with E-state index in [9.17, 15) is 0 Å². The molecule has 0 amide bonds. The fraction of sp³-hybridized carbons (Fsp3) is 0.474. The number of fused-ring (bicyclic) bond motifs is 3. The second-order valence-corrected chi connectivity index (χ2v) is 7.22. The van der Waals surface area contributed by atoms with Crippen LogP contribution in [-0.4, -0.2) is 40.1 Å². The molecule has 4 aliphatic heterocycles. The van der Waals surface area contributed by atoms with Gasteiger partial charge in [0.2, 0.25) is 5.88 Å². The summed E-state index contributed by atoms with van der Waals surface area (Å²) in [6.07, 6.45) is 7.31. The van der Waals surface area contributed by atoms with Crippen LogP contribution in [0.4, 0.5) is 0 Å². The summed E-state index contributed by atoms with van der Waals surface area (Å²) in [5.41, 5.74) is 4.60. The number of pyridine rings is 2. The molecule has 0 radical (unpaired) electrons. The topological polar surface area (TPSA) is 38.2 Å². The van der Waals surface area contributed by atoms with E-state index in [1.165, 1.54) is 31.5 Å². The van der Waals surface area contributed by atoms with Gasteiger partial charge < -0.3 is 4.74 Å². The second kappa shape index (κ2) is 4.78. The molecule has 6 rings (SSSR count). The Labute approximate surface area is 136 Å². The van der Waals surface area contributed by atoms with Crippen molar-refractivity contribution in [1.82, 2.24) is 14.9 Å². The monoisotopic (exact) mass is 307 g/mol. The summed E-state index contributed by atoms with van der Waals surface area (Å²) in [4.78, 5) is 11.6. The summed E-state index contributed by atoms with van der Waals surface area (Å²) in [5, 5.41) is 0. The maximum atomic E-state index is 6.42. The first-order valence-corrected chi connectivity index (χ1v) is 8.56. The van der Waals surface area contributed by atoms with Crippen LogP contribution >= 0.6 is 0 Å². The van der Waals surface area contributed by atoms with Crippen molar-refractivity contribution in [2.24, 2.45) is 5.92 Å². The van der Waals surface area contributed by atoms with Crippen LogP contribution in [0.5, 0.6) is 5.88 Å². The zero-order chi connectivity index (χ0) is 15.4. The van der Waals surface area contributed by atoms with Gasteiger partial charge in [-0.3, -0.25) is 9.88 Å². The van der Waals surface area contributed by atoms with Crippen molar-refractivity contribution in [1.29, 1.82) is 0 Å². The van der Waals surface area contributed by atoms with Crippen LogP contribution in [0, 0.1) is 12.8 Å². The highest BCUT2D eigenvalue weighted by atomic mass is 16.5. The highest BCUT2D eigenvalue weighted by molar-refractivity contribution is 5.66. The lowest BCUT2D eigenvalue weighted by molar-refractivity contribution is -0.0814.